The average Bonchev–Trinajstić information content (AvgIpc) is 2.39. The summed E-state index contributed by atoms with van der Waals surface area (Å²) in [6.45, 7) is 2.72. The molecular formula is C15H15N3. The van der Waals surface area contributed by atoms with Crippen molar-refractivity contribution in [3.05, 3.63) is 59.3 Å². The molecule has 0 atom stereocenters. The number of pyridine rings is 1. The molecule has 2 aromatic rings. The summed E-state index contributed by atoms with van der Waals surface area (Å²) in [5.74, 6) is 0.942. The van der Waals surface area contributed by atoms with Gasteiger partial charge in [0.15, 0.2) is 0 Å². The molecule has 0 saturated heterocycles. The number of hydrogen-bond donors (Lipinski definition) is 0. The molecule has 2 rings (SSSR count). The minimum Gasteiger partial charge on any atom is -0.355 e. The highest BCUT2D eigenvalue weighted by molar-refractivity contribution is 5.40. The van der Waals surface area contributed by atoms with Crippen LogP contribution in [0, 0.1) is 18.3 Å². The van der Waals surface area contributed by atoms with Crippen LogP contribution in [0.4, 0.5) is 5.82 Å². The smallest absolute Gasteiger partial charge is 0.128 e. The van der Waals surface area contributed by atoms with E-state index < -0.39 is 0 Å². The molecule has 0 aliphatic carbocycles. The van der Waals surface area contributed by atoms with Gasteiger partial charge in [-0.15, -0.1) is 0 Å². The Morgan fingerprint density at radius 1 is 1.22 bits per heavy atom. The largest absolute Gasteiger partial charge is 0.355 e. The highest BCUT2D eigenvalue weighted by atomic mass is 15.2. The van der Waals surface area contributed by atoms with Crippen LogP contribution in [-0.2, 0) is 6.54 Å². The summed E-state index contributed by atoms with van der Waals surface area (Å²) in [6, 6.07) is 15.8. The van der Waals surface area contributed by atoms with E-state index in [2.05, 4.69) is 16.0 Å². The Bertz CT molecular complexity index is 584. The Morgan fingerprint density at radius 3 is 2.72 bits per heavy atom. The summed E-state index contributed by atoms with van der Waals surface area (Å²) in [6.07, 6.45) is 0. The summed E-state index contributed by atoms with van der Waals surface area (Å²) >= 11 is 0. The molecule has 3 nitrogen and oxygen atoms in total. The first-order valence-electron chi connectivity index (χ1n) is 5.83. The lowest BCUT2D eigenvalue weighted by Gasteiger charge is -2.18. The number of aryl methyl sites for hydroxylation is 1. The van der Waals surface area contributed by atoms with Gasteiger partial charge in [0.1, 0.15) is 5.82 Å². The van der Waals surface area contributed by atoms with Crippen molar-refractivity contribution in [3.63, 3.8) is 0 Å². The summed E-state index contributed by atoms with van der Waals surface area (Å²) in [5.41, 5.74) is 2.81. The van der Waals surface area contributed by atoms with Gasteiger partial charge in [0.2, 0.25) is 0 Å². The number of aromatic nitrogens is 1. The van der Waals surface area contributed by atoms with E-state index in [1.165, 1.54) is 0 Å². The first-order valence-corrected chi connectivity index (χ1v) is 5.83. The second-order valence-corrected chi connectivity index (χ2v) is 4.31. The molecule has 0 N–H and O–H groups in total. The van der Waals surface area contributed by atoms with Crippen LogP contribution in [0.3, 0.4) is 0 Å². The van der Waals surface area contributed by atoms with Gasteiger partial charge >= 0.3 is 0 Å². The molecule has 0 aliphatic heterocycles. The van der Waals surface area contributed by atoms with Crippen LogP contribution in [0.5, 0.6) is 0 Å². The Hall–Kier alpha value is -2.34. The van der Waals surface area contributed by atoms with Gasteiger partial charge in [-0.1, -0.05) is 18.2 Å². The molecule has 3 heteroatoms. The first-order chi connectivity index (χ1) is 8.69. The molecule has 90 valence electrons. The van der Waals surface area contributed by atoms with E-state index in [4.69, 9.17) is 5.26 Å². The summed E-state index contributed by atoms with van der Waals surface area (Å²) in [4.78, 5) is 6.55. The van der Waals surface area contributed by atoms with Crippen molar-refractivity contribution in [3.8, 4) is 6.07 Å². The standard InChI is InChI=1S/C15H15N3/c1-12-5-3-8-15(17-12)18(2)11-14-7-4-6-13(9-14)10-16/h3-9H,11H2,1-2H3. The predicted molar refractivity (Wildman–Crippen MR) is 72.2 cm³/mol. The van der Waals surface area contributed by atoms with E-state index in [1.54, 1.807) is 0 Å². The third-order valence-electron chi connectivity index (χ3n) is 2.74. The van der Waals surface area contributed by atoms with Crippen LogP contribution in [-0.4, -0.2) is 12.0 Å². The van der Waals surface area contributed by atoms with Crippen molar-refractivity contribution >= 4 is 5.82 Å². The highest BCUT2D eigenvalue weighted by Gasteiger charge is 2.04. The SMILES string of the molecule is Cc1cccc(N(C)Cc2cccc(C#N)c2)n1. The maximum atomic E-state index is 8.87. The van der Waals surface area contributed by atoms with Crippen LogP contribution >= 0.6 is 0 Å². The molecule has 0 unspecified atom stereocenters. The lowest BCUT2D eigenvalue weighted by molar-refractivity contribution is 0.892. The fourth-order valence-electron chi connectivity index (χ4n) is 1.84. The van der Waals surface area contributed by atoms with Gasteiger partial charge in [-0.05, 0) is 36.8 Å². The van der Waals surface area contributed by atoms with Crippen LogP contribution in [0.25, 0.3) is 0 Å². The van der Waals surface area contributed by atoms with E-state index in [0.717, 1.165) is 23.6 Å². The zero-order chi connectivity index (χ0) is 13.0. The Kier molecular flexibility index (Phi) is 3.59. The fraction of sp³-hybridized carbons (Fsp3) is 0.200. The molecule has 0 bridgehead atoms. The molecule has 0 radical (unpaired) electrons. The number of rotatable bonds is 3. The van der Waals surface area contributed by atoms with E-state index in [0.29, 0.717) is 5.56 Å². The van der Waals surface area contributed by atoms with Gasteiger partial charge in [-0.3, -0.25) is 0 Å². The first kappa shape index (κ1) is 12.1. The second kappa shape index (κ2) is 5.33. The molecule has 18 heavy (non-hydrogen) atoms. The average molecular weight is 237 g/mol. The van der Waals surface area contributed by atoms with E-state index in [9.17, 15) is 0 Å². The predicted octanol–water partition coefficient (Wildman–Crippen LogP) is 2.90. The number of hydrogen-bond acceptors (Lipinski definition) is 3. The minimum absolute atomic E-state index is 0.693. The molecule has 0 saturated carbocycles. The van der Waals surface area contributed by atoms with Crippen LogP contribution in [0.1, 0.15) is 16.8 Å². The molecule has 1 aromatic heterocycles. The van der Waals surface area contributed by atoms with Crippen molar-refractivity contribution in [1.29, 1.82) is 5.26 Å². The van der Waals surface area contributed by atoms with Crippen molar-refractivity contribution < 1.29 is 0 Å². The summed E-state index contributed by atoms with van der Waals surface area (Å²) < 4.78 is 0. The molecule has 0 spiro atoms. The van der Waals surface area contributed by atoms with Gasteiger partial charge in [0.05, 0.1) is 11.6 Å². The van der Waals surface area contributed by atoms with Gasteiger partial charge in [-0.25, -0.2) is 4.98 Å². The third-order valence-corrected chi connectivity index (χ3v) is 2.74. The number of anilines is 1. The summed E-state index contributed by atoms with van der Waals surface area (Å²) in [7, 11) is 2.00. The van der Waals surface area contributed by atoms with Gasteiger partial charge < -0.3 is 4.90 Å². The van der Waals surface area contributed by atoms with E-state index in [-0.39, 0.29) is 0 Å². The topological polar surface area (TPSA) is 39.9 Å². The van der Waals surface area contributed by atoms with Crippen molar-refractivity contribution in [2.45, 2.75) is 13.5 Å². The molecule has 0 amide bonds. The Labute approximate surface area is 107 Å². The minimum atomic E-state index is 0.693. The highest BCUT2D eigenvalue weighted by Crippen LogP contribution is 2.13. The molecule has 0 fully saturated rings. The van der Waals surface area contributed by atoms with Crippen molar-refractivity contribution in [2.75, 3.05) is 11.9 Å². The van der Waals surface area contributed by atoms with Crippen LogP contribution in [0.2, 0.25) is 0 Å². The third kappa shape index (κ3) is 2.86. The van der Waals surface area contributed by atoms with Crippen LogP contribution in [0.15, 0.2) is 42.5 Å². The monoisotopic (exact) mass is 237 g/mol. The van der Waals surface area contributed by atoms with E-state index in [1.807, 2.05) is 56.4 Å². The van der Waals surface area contributed by atoms with Crippen molar-refractivity contribution in [1.82, 2.24) is 4.98 Å². The maximum absolute atomic E-state index is 8.87. The zero-order valence-electron chi connectivity index (χ0n) is 10.6. The number of benzene rings is 1. The zero-order valence-corrected chi connectivity index (χ0v) is 10.6. The molecule has 0 aliphatic rings. The van der Waals surface area contributed by atoms with Crippen LogP contribution < -0.4 is 4.90 Å². The maximum Gasteiger partial charge on any atom is 0.128 e. The number of nitriles is 1. The Balaban J connectivity index is 2.16. The number of nitrogens with zero attached hydrogens (tertiary/aromatic N) is 3. The van der Waals surface area contributed by atoms with Gasteiger partial charge in [0.25, 0.3) is 0 Å². The Morgan fingerprint density at radius 2 is 2.00 bits per heavy atom. The normalized spacial score (nSPS) is 9.83. The second-order valence-electron chi connectivity index (χ2n) is 4.31. The van der Waals surface area contributed by atoms with Gasteiger partial charge in [0, 0.05) is 19.3 Å². The van der Waals surface area contributed by atoms with Crippen molar-refractivity contribution in [2.24, 2.45) is 0 Å². The van der Waals surface area contributed by atoms with E-state index >= 15 is 0 Å². The summed E-state index contributed by atoms with van der Waals surface area (Å²) in [5, 5.41) is 8.87. The van der Waals surface area contributed by atoms with Gasteiger partial charge in [-0.2, -0.15) is 5.26 Å². The fourth-order valence-corrected chi connectivity index (χ4v) is 1.84. The lowest BCUT2D eigenvalue weighted by Crippen LogP contribution is -2.17. The molecule has 1 aromatic carbocycles. The lowest BCUT2D eigenvalue weighted by atomic mass is 10.1. The molecular weight excluding hydrogens is 222 g/mol. The molecule has 1 heterocycles. The quantitative estimate of drug-likeness (QED) is 0.824.